The van der Waals surface area contributed by atoms with Gasteiger partial charge in [-0.15, -0.1) is 12.4 Å². The highest BCUT2D eigenvalue weighted by atomic mass is 35.5. The van der Waals surface area contributed by atoms with E-state index in [1.807, 2.05) is 11.9 Å². The number of piperidine rings is 1. The van der Waals surface area contributed by atoms with E-state index >= 15 is 0 Å². The van der Waals surface area contributed by atoms with Crippen LogP contribution in [0.4, 0.5) is 0 Å². The van der Waals surface area contributed by atoms with Crippen LogP contribution in [0.1, 0.15) is 25.7 Å². The number of likely N-dealkylation sites (tertiary alicyclic amines) is 1. The number of hydrogen-bond acceptors (Lipinski definition) is 5. The third-order valence-electron chi connectivity index (χ3n) is 4.31. The fourth-order valence-corrected chi connectivity index (χ4v) is 3.40. The van der Waals surface area contributed by atoms with Gasteiger partial charge in [-0.25, -0.2) is 8.42 Å². The molecule has 0 aliphatic carbocycles. The maximum atomic E-state index is 12.1. The largest absolute Gasteiger partial charge is 0.494 e. The molecular weight excluding hydrogens is 364 g/mol. The summed E-state index contributed by atoms with van der Waals surface area (Å²) >= 11 is 0. The number of carbonyl (C=O) groups is 1. The SMILES string of the molecule is CNC1CCN(C(=O)CCCOc2ccc(S(C)(=O)=O)cc2)CC1.Cl. The minimum absolute atomic E-state index is 0. The average molecular weight is 391 g/mol. The van der Waals surface area contributed by atoms with Gasteiger partial charge in [-0.05, 0) is 50.6 Å². The predicted molar refractivity (Wildman–Crippen MR) is 100 cm³/mol. The summed E-state index contributed by atoms with van der Waals surface area (Å²) in [5.74, 6) is 0.797. The zero-order chi connectivity index (χ0) is 17.6. The Morgan fingerprint density at radius 3 is 2.36 bits per heavy atom. The van der Waals surface area contributed by atoms with Crippen LogP contribution in [0, 0.1) is 0 Å². The van der Waals surface area contributed by atoms with Crippen molar-refractivity contribution in [3.8, 4) is 5.75 Å². The molecule has 1 aliphatic heterocycles. The van der Waals surface area contributed by atoms with Crippen molar-refractivity contribution >= 4 is 28.2 Å². The second kappa shape index (κ2) is 9.99. The van der Waals surface area contributed by atoms with Crippen LogP contribution in [-0.2, 0) is 14.6 Å². The van der Waals surface area contributed by atoms with Gasteiger partial charge < -0.3 is 15.0 Å². The lowest BCUT2D eigenvalue weighted by atomic mass is 10.0. The van der Waals surface area contributed by atoms with Gasteiger partial charge in [-0.1, -0.05) is 0 Å². The van der Waals surface area contributed by atoms with Gasteiger partial charge in [-0.3, -0.25) is 4.79 Å². The lowest BCUT2D eigenvalue weighted by molar-refractivity contribution is -0.132. The molecule has 142 valence electrons. The minimum atomic E-state index is -3.18. The molecule has 0 saturated carbocycles. The van der Waals surface area contributed by atoms with Gasteiger partial charge in [0.2, 0.25) is 5.91 Å². The molecule has 6 nitrogen and oxygen atoms in total. The topological polar surface area (TPSA) is 75.7 Å². The first-order valence-corrected chi connectivity index (χ1v) is 10.2. The van der Waals surface area contributed by atoms with E-state index < -0.39 is 9.84 Å². The van der Waals surface area contributed by atoms with E-state index in [0.717, 1.165) is 25.9 Å². The van der Waals surface area contributed by atoms with E-state index in [1.54, 1.807) is 12.1 Å². The van der Waals surface area contributed by atoms with Crippen LogP contribution in [0.25, 0.3) is 0 Å². The molecule has 25 heavy (non-hydrogen) atoms. The fraction of sp³-hybridized carbons (Fsp3) is 0.588. The van der Waals surface area contributed by atoms with Crippen molar-refractivity contribution in [2.24, 2.45) is 0 Å². The number of benzene rings is 1. The maximum Gasteiger partial charge on any atom is 0.222 e. The Morgan fingerprint density at radius 2 is 1.84 bits per heavy atom. The Kier molecular flexibility index (Phi) is 8.68. The molecule has 1 aromatic rings. The van der Waals surface area contributed by atoms with Gasteiger partial charge >= 0.3 is 0 Å². The molecule has 0 bridgehead atoms. The van der Waals surface area contributed by atoms with Crippen molar-refractivity contribution < 1.29 is 17.9 Å². The quantitative estimate of drug-likeness (QED) is 0.719. The summed E-state index contributed by atoms with van der Waals surface area (Å²) in [7, 11) is -1.22. The summed E-state index contributed by atoms with van der Waals surface area (Å²) in [5.41, 5.74) is 0. The standard InChI is InChI=1S/C17H26N2O4S.ClH/c1-18-14-9-11-19(12-10-14)17(20)4-3-13-23-15-5-7-16(8-6-15)24(2,21)22;/h5-8,14,18H,3-4,9-13H2,1-2H3;1H. The van der Waals surface area contributed by atoms with E-state index in [2.05, 4.69) is 5.32 Å². The molecule has 1 N–H and O–H groups in total. The summed E-state index contributed by atoms with van der Waals surface area (Å²) in [5, 5.41) is 3.25. The Balaban J connectivity index is 0.00000312. The van der Waals surface area contributed by atoms with Crippen LogP contribution in [0.5, 0.6) is 5.75 Å². The molecule has 1 aromatic carbocycles. The molecule has 0 aromatic heterocycles. The van der Waals surface area contributed by atoms with E-state index in [9.17, 15) is 13.2 Å². The van der Waals surface area contributed by atoms with Crippen LogP contribution < -0.4 is 10.1 Å². The average Bonchev–Trinajstić information content (AvgIpc) is 2.58. The molecule has 0 spiro atoms. The molecule has 2 rings (SSSR count). The van der Waals surface area contributed by atoms with Gasteiger partial charge in [0.15, 0.2) is 9.84 Å². The number of ether oxygens (including phenoxy) is 1. The summed E-state index contributed by atoms with van der Waals surface area (Å²) in [6, 6.07) is 6.86. The number of nitrogens with zero attached hydrogens (tertiary/aromatic N) is 1. The second-order valence-electron chi connectivity index (χ2n) is 6.14. The van der Waals surface area contributed by atoms with Gasteiger partial charge in [-0.2, -0.15) is 0 Å². The summed E-state index contributed by atoms with van der Waals surface area (Å²) < 4.78 is 28.3. The molecule has 1 amide bonds. The zero-order valence-electron chi connectivity index (χ0n) is 14.7. The van der Waals surface area contributed by atoms with Crippen molar-refractivity contribution in [2.45, 2.75) is 36.6 Å². The van der Waals surface area contributed by atoms with Crippen molar-refractivity contribution in [1.29, 1.82) is 0 Å². The number of carbonyl (C=O) groups excluding carboxylic acids is 1. The van der Waals surface area contributed by atoms with Crippen molar-refractivity contribution in [3.05, 3.63) is 24.3 Å². The Bertz CT molecular complexity index is 641. The first kappa shape index (κ1) is 21.7. The number of nitrogens with one attached hydrogen (secondary N) is 1. The Labute approximate surface area is 156 Å². The predicted octanol–water partition coefficient (Wildman–Crippen LogP) is 1.88. The Hall–Kier alpha value is -1.31. The zero-order valence-corrected chi connectivity index (χ0v) is 16.4. The van der Waals surface area contributed by atoms with E-state index in [4.69, 9.17) is 4.74 Å². The molecule has 1 heterocycles. The molecule has 1 fully saturated rings. The summed E-state index contributed by atoms with van der Waals surface area (Å²) in [6.45, 7) is 2.08. The van der Waals surface area contributed by atoms with E-state index in [-0.39, 0.29) is 23.2 Å². The smallest absolute Gasteiger partial charge is 0.222 e. The number of amides is 1. The number of halogens is 1. The highest BCUT2D eigenvalue weighted by molar-refractivity contribution is 7.90. The van der Waals surface area contributed by atoms with Crippen LogP contribution >= 0.6 is 12.4 Å². The normalized spacial score (nSPS) is 15.5. The van der Waals surface area contributed by atoms with Crippen LogP contribution in [0.2, 0.25) is 0 Å². The first-order valence-electron chi connectivity index (χ1n) is 8.28. The lowest BCUT2D eigenvalue weighted by Crippen LogP contribution is -2.43. The Morgan fingerprint density at radius 1 is 1.24 bits per heavy atom. The second-order valence-corrected chi connectivity index (χ2v) is 8.16. The molecule has 1 aliphatic rings. The maximum absolute atomic E-state index is 12.1. The highest BCUT2D eigenvalue weighted by Crippen LogP contribution is 2.16. The molecule has 0 atom stereocenters. The first-order chi connectivity index (χ1) is 11.4. The number of sulfone groups is 1. The molecular formula is C17H27ClN2O4S. The van der Waals surface area contributed by atoms with Crippen LogP contribution in [-0.4, -0.2) is 58.3 Å². The lowest BCUT2D eigenvalue weighted by Gasteiger charge is -2.31. The molecule has 0 unspecified atom stereocenters. The van der Waals surface area contributed by atoms with Crippen molar-refractivity contribution in [3.63, 3.8) is 0 Å². The summed E-state index contributed by atoms with van der Waals surface area (Å²) in [6.07, 6.45) is 4.31. The van der Waals surface area contributed by atoms with Crippen LogP contribution in [0.15, 0.2) is 29.2 Å². The van der Waals surface area contributed by atoms with E-state index in [1.165, 1.54) is 18.4 Å². The van der Waals surface area contributed by atoms with Crippen molar-refractivity contribution in [2.75, 3.05) is 33.0 Å². The van der Waals surface area contributed by atoms with Crippen molar-refractivity contribution in [1.82, 2.24) is 10.2 Å². The third kappa shape index (κ3) is 6.84. The fourth-order valence-electron chi connectivity index (χ4n) is 2.77. The van der Waals surface area contributed by atoms with Crippen LogP contribution in [0.3, 0.4) is 0 Å². The number of rotatable bonds is 7. The van der Waals surface area contributed by atoms with Gasteiger partial charge in [0.1, 0.15) is 5.75 Å². The monoisotopic (exact) mass is 390 g/mol. The molecule has 0 radical (unpaired) electrons. The molecule has 8 heteroatoms. The van der Waals surface area contributed by atoms with E-state index in [0.29, 0.717) is 31.2 Å². The summed E-state index contributed by atoms with van der Waals surface area (Å²) in [4.78, 5) is 14.3. The molecule has 1 saturated heterocycles. The number of hydrogen-bond donors (Lipinski definition) is 1. The third-order valence-corrected chi connectivity index (χ3v) is 5.44. The van der Waals surface area contributed by atoms with Gasteiger partial charge in [0, 0.05) is 31.8 Å². The minimum Gasteiger partial charge on any atom is -0.494 e. The van der Waals surface area contributed by atoms with Gasteiger partial charge in [0.25, 0.3) is 0 Å². The highest BCUT2D eigenvalue weighted by Gasteiger charge is 2.21. The van der Waals surface area contributed by atoms with Gasteiger partial charge in [0.05, 0.1) is 11.5 Å².